The van der Waals surface area contributed by atoms with E-state index >= 15 is 4.39 Å². The Morgan fingerprint density at radius 1 is 1.11 bits per heavy atom. The molecule has 0 aromatic heterocycles. The molecule has 1 amide bonds. The molecule has 5 nitrogen and oxygen atoms in total. The molecule has 3 aromatic rings. The number of benzene rings is 3. The highest BCUT2D eigenvalue weighted by Gasteiger charge is 2.40. The van der Waals surface area contributed by atoms with Gasteiger partial charge in [-0.05, 0) is 71.3 Å². The van der Waals surface area contributed by atoms with E-state index < -0.39 is 5.82 Å². The van der Waals surface area contributed by atoms with Crippen molar-refractivity contribution in [2.24, 2.45) is 0 Å². The van der Waals surface area contributed by atoms with Crippen LogP contribution in [-0.4, -0.2) is 49.7 Å². The molecule has 2 aliphatic heterocycles. The molecular weight excluding hydrogens is 472 g/mol. The van der Waals surface area contributed by atoms with Crippen LogP contribution in [0.2, 0.25) is 0 Å². The molecule has 2 fully saturated rings. The van der Waals surface area contributed by atoms with E-state index in [0.29, 0.717) is 47.0 Å². The fraction of sp³-hybridized carbons (Fsp3) is 0.333. The summed E-state index contributed by atoms with van der Waals surface area (Å²) < 4.78 is 35.3. The van der Waals surface area contributed by atoms with Crippen LogP contribution in [0.1, 0.15) is 47.2 Å². The number of fused-ring (bicyclic) bond motifs is 2. The largest absolute Gasteiger partial charge is 0.385 e. The Kier molecular flexibility index (Phi) is 7.05. The Hall–Kier alpha value is -3.60. The number of nitriles is 1. The molecule has 2 heterocycles. The lowest BCUT2D eigenvalue weighted by atomic mass is 9.89. The van der Waals surface area contributed by atoms with E-state index in [1.54, 1.807) is 37.4 Å². The monoisotopic (exact) mass is 501 g/mol. The second-order valence-electron chi connectivity index (χ2n) is 9.94. The first-order valence-corrected chi connectivity index (χ1v) is 12.6. The summed E-state index contributed by atoms with van der Waals surface area (Å²) in [5.74, 6) is -1.01. The molecule has 2 bridgehead atoms. The number of nitrogens with zero attached hydrogens (tertiary/aromatic N) is 2. The predicted octanol–water partition coefficient (Wildman–Crippen LogP) is 5.50. The van der Waals surface area contributed by atoms with Crippen LogP contribution in [0.25, 0.3) is 22.3 Å². The van der Waals surface area contributed by atoms with Crippen molar-refractivity contribution >= 4 is 5.91 Å². The van der Waals surface area contributed by atoms with Crippen LogP contribution in [0.4, 0.5) is 8.78 Å². The van der Waals surface area contributed by atoms with Gasteiger partial charge in [0, 0.05) is 50.0 Å². The zero-order valence-corrected chi connectivity index (χ0v) is 20.9. The number of halogens is 2. The normalized spacial score (nSPS) is 19.2. The second kappa shape index (κ2) is 10.4. The van der Waals surface area contributed by atoms with Crippen LogP contribution in [0.5, 0.6) is 0 Å². The number of methoxy groups -OCH3 is 1. The van der Waals surface area contributed by atoms with E-state index in [4.69, 9.17) is 10.00 Å². The predicted molar refractivity (Wildman–Crippen MR) is 138 cm³/mol. The molecule has 5 rings (SSSR count). The number of likely N-dealkylation sites (tertiary alicyclic amines) is 1. The summed E-state index contributed by atoms with van der Waals surface area (Å²) >= 11 is 0. The maximum atomic E-state index is 15.5. The molecule has 37 heavy (non-hydrogen) atoms. The molecule has 2 saturated heterocycles. The minimum absolute atomic E-state index is 0.0706. The summed E-state index contributed by atoms with van der Waals surface area (Å²) in [5.41, 5.74) is 3.21. The van der Waals surface area contributed by atoms with Crippen LogP contribution in [-0.2, 0) is 4.74 Å². The van der Waals surface area contributed by atoms with Gasteiger partial charge in [-0.25, -0.2) is 8.78 Å². The van der Waals surface area contributed by atoms with Crippen LogP contribution in [0, 0.1) is 23.0 Å². The van der Waals surface area contributed by atoms with E-state index in [-0.39, 0.29) is 29.2 Å². The van der Waals surface area contributed by atoms with E-state index in [1.807, 2.05) is 24.0 Å². The number of hydrogen-bond acceptors (Lipinski definition) is 4. The number of piperazine rings is 1. The Labute approximate surface area is 215 Å². The molecule has 0 aliphatic carbocycles. The lowest BCUT2D eigenvalue weighted by molar-refractivity contribution is 0.0716. The van der Waals surface area contributed by atoms with Gasteiger partial charge in [0.2, 0.25) is 0 Å². The zero-order chi connectivity index (χ0) is 26.1. The number of ether oxygens (including phenoxy) is 1. The van der Waals surface area contributed by atoms with Crippen molar-refractivity contribution in [1.29, 1.82) is 5.26 Å². The minimum Gasteiger partial charge on any atom is -0.385 e. The maximum absolute atomic E-state index is 15.5. The molecule has 190 valence electrons. The molecule has 2 aliphatic rings. The fourth-order valence-electron chi connectivity index (χ4n) is 5.42. The standard InChI is InChI=1S/C30H29F2N3O2/c1-18(9-10-37-2)19-5-8-26(29(32)12-19)25-7-6-21(30(36)35-17-23-14-24(35)16-34-23)11-27(25)20-3-4-22(15-33)28(31)13-20/h3-8,11-13,18,23-24,34H,9-10,14,16-17H2,1-2H3/t18?,23-,24-/m0/s1. The third kappa shape index (κ3) is 4.87. The van der Waals surface area contributed by atoms with Crippen molar-refractivity contribution in [1.82, 2.24) is 10.2 Å². The van der Waals surface area contributed by atoms with Crippen molar-refractivity contribution < 1.29 is 18.3 Å². The highest BCUT2D eigenvalue weighted by Crippen LogP contribution is 2.37. The highest BCUT2D eigenvalue weighted by molar-refractivity contribution is 5.98. The van der Waals surface area contributed by atoms with Crippen LogP contribution in [0.15, 0.2) is 54.6 Å². The van der Waals surface area contributed by atoms with Gasteiger partial charge in [-0.3, -0.25) is 4.79 Å². The summed E-state index contributed by atoms with van der Waals surface area (Å²) in [4.78, 5) is 15.3. The average molecular weight is 502 g/mol. The highest BCUT2D eigenvalue weighted by atomic mass is 19.1. The van der Waals surface area contributed by atoms with Gasteiger partial charge >= 0.3 is 0 Å². The van der Waals surface area contributed by atoms with E-state index in [2.05, 4.69) is 5.32 Å². The quantitative estimate of drug-likeness (QED) is 0.465. The topological polar surface area (TPSA) is 65.4 Å². The zero-order valence-electron chi connectivity index (χ0n) is 20.9. The number of carbonyl (C=O) groups is 1. The van der Waals surface area contributed by atoms with Gasteiger partial charge in [0.25, 0.3) is 5.91 Å². The van der Waals surface area contributed by atoms with Crippen molar-refractivity contribution in [2.75, 3.05) is 26.8 Å². The number of amides is 1. The maximum Gasteiger partial charge on any atom is 0.254 e. The van der Waals surface area contributed by atoms with Gasteiger partial charge in [-0.2, -0.15) is 5.26 Å². The van der Waals surface area contributed by atoms with Crippen LogP contribution in [0.3, 0.4) is 0 Å². The second-order valence-corrected chi connectivity index (χ2v) is 9.94. The number of rotatable bonds is 7. The molecule has 3 aromatic carbocycles. The van der Waals surface area contributed by atoms with Crippen molar-refractivity contribution in [3.8, 4) is 28.3 Å². The molecular formula is C30H29F2N3O2. The lowest BCUT2D eigenvalue weighted by Crippen LogP contribution is -2.46. The Morgan fingerprint density at radius 2 is 1.92 bits per heavy atom. The van der Waals surface area contributed by atoms with Crippen molar-refractivity contribution in [3.63, 3.8) is 0 Å². The van der Waals surface area contributed by atoms with Crippen molar-refractivity contribution in [2.45, 2.75) is 37.8 Å². The molecule has 3 atom stereocenters. The summed E-state index contributed by atoms with van der Waals surface area (Å²) in [7, 11) is 1.64. The minimum atomic E-state index is -0.659. The van der Waals surface area contributed by atoms with Crippen LogP contribution < -0.4 is 5.32 Å². The summed E-state index contributed by atoms with van der Waals surface area (Å²) in [6.45, 7) is 4.05. The van der Waals surface area contributed by atoms with Gasteiger partial charge in [0.15, 0.2) is 0 Å². The molecule has 0 spiro atoms. The fourth-order valence-corrected chi connectivity index (χ4v) is 5.42. The molecule has 1 N–H and O–H groups in total. The summed E-state index contributed by atoms with van der Waals surface area (Å²) in [5, 5.41) is 12.6. The smallest absolute Gasteiger partial charge is 0.254 e. The Balaban J connectivity index is 1.56. The molecule has 0 radical (unpaired) electrons. The lowest BCUT2D eigenvalue weighted by Gasteiger charge is -2.28. The van der Waals surface area contributed by atoms with Gasteiger partial charge in [0.05, 0.1) is 5.56 Å². The third-order valence-corrected chi connectivity index (χ3v) is 7.59. The Bertz CT molecular complexity index is 1380. The Morgan fingerprint density at radius 3 is 2.57 bits per heavy atom. The summed E-state index contributed by atoms with van der Waals surface area (Å²) in [6, 6.07) is 17.0. The van der Waals surface area contributed by atoms with Gasteiger partial charge in [-0.1, -0.05) is 31.2 Å². The van der Waals surface area contributed by atoms with Gasteiger partial charge in [0.1, 0.15) is 17.7 Å². The molecule has 0 saturated carbocycles. The van der Waals surface area contributed by atoms with E-state index in [9.17, 15) is 9.18 Å². The SMILES string of the molecule is COCCC(C)c1ccc(-c2ccc(C(=O)N3C[C@@H]4C[C@H]3CN4)cc2-c2ccc(C#N)c(F)c2)c(F)c1. The number of hydrogen-bond donors (Lipinski definition) is 1. The first kappa shape index (κ1) is 25.1. The third-order valence-electron chi connectivity index (χ3n) is 7.59. The molecule has 7 heteroatoms. The average Bonchev–Trinajstić information content (AvgIpc) is 3.55. The van der Waals surface area contributed by atoms with E-state index in [0.717, 1.165) is 24.9 Å². The van der Waals surface area contributed by atoms with Crippen LogP contribution >= 0.6 is 0 Å². The first-order valence-electron chi connectivity index (χ1n) is 12.6. The van der Waals surface area contributed by atoms with Gasteiger partial charge in [-0.15, -0.1) is 0 Å². The molecule has 1 unspecified atom stereocenters. The van der Waals surface area contributed by atoms with Crippen molar-refractivity contribution in [3.05, 3.63) is 82.9 Å². The number of nitrogens with one attached hydrogen (secondary N) is 1. The first-order chi connectivity index (χ1) is 17.9. The van der Waals surface area contributed by atoms with Gasteiger partial charge < -0.3 is 15.0 Å². The van der Waals surface area contributed by atoms with E-state index in [1.165, 1.54) is 18.2 Å². The summed E-state index contributed by atoms with van der Waals surface area (Å²) in [6.07, 6.45) is 1.72. The number of carbonyl (C=O) groups excluding carboxylic acids is 1.